The zero-order valence-electron chi connectivity index (χ0n) is 16.3. The molecule has 6 nitrogen and oxygen atoms in total. The first-order valence-electron chi connectivity index (χ1n) is 9.17. The maximum Gasteiger partial charge on any atom is 0.407 e. The zero-order valence-corrected chi connectivity index (χ0v) is 16.3. The Labute approximate surface area is 165 Å². The minimum atomic E-state index is -1.76. The number of benzene rings is 2. The molecule has 0 aliphatic rings. The van der Waals surface area contributed by atoms with Crippen LogP contribution in [0.15, 0.2) is 60.7 Å². The summed E-state index contributed by atoms with van der Waals surface area (Å²) < 4.78 is 5.24. The van der Waals surface area contributed by atoms with Gasteiger partial charge in [-0.25, -0.2) is 9.59 Å². The summed E-state index contributed by atoms with van der Waals surface area (Å²) in [4.78, 5) is 23.6. The lowest BCUT2D eigenvalue weighted by Crippen LogP contribution is -2.49. The molecule has 0 unspecified atom stereocenters. The first-order chi connectivity index (χ1) is 13.2. The predicted octanol–water partition coefficient (Wildman–Crippen LogP) is 3.55. The molecule has 0 spiro atoms. The summed E-state index contributed by atoms with van der Waals surface area (Å²) in [5, 5.41) is 22.0. The van der Waals surface area contributed by atoms with Gasteiger partial charge in [0.1, 0.15) is 5.60 Å². The van der Waals surface area contributed by atoms with Crippen LogP contribution in [0.3, 0.4) is 0 Å². The van der Waals surface area contributed by atoms with Crippen molar-refractivity contribution < 1.29 is 24.5 Å². The van der Waals surface area contributed by atoms with Crippen LogP contribution in [-0.2, 0) is 9.53 Å². The molecule has 2 aromatic rings. The van der Waals surface area contributed by atoms with E-state index in [2.05, 4.69) is 5.32 Å². The largest absolute Gasteiger partial charge is 0.479 e. The van der Waals surface area contributed by atoms with E-state index in [0.29, 0.717) is 0 Å². The highest BCUT2D eigenvalue weighted by Gasteiger charge is 2.32. The molecule has 1 amide bonds. The van der Waals surface area contributed by atoms with Crippen molar-refractivity contribution in [3.63, 3.8) is 0 Å². The molecule has 0 aliphatic heterocycles. The summed E-state index contributed by atoms with van der Waals surface area (Å²) in [6.45, 7) is 5.14. The fourth-order valence-corrected chi connectivity index (χ4v) is 2.99. The van der Waals surface area contributed by atoms with Gasteiger partial charge < -0.3 is 20.3 Å². The van der Waals surface area contributed by atoms with Crippen LogP contribution in [0.25, 0.3) is 0 Å². The normalized spacial score (nSPS) is 13.6. The van der Waals surface area contributed by atoms with Gasteiger partial charge in [-0.1, -0.05) is 60.7 Å². The highest BCUT2D eigenvalue weighted by molar-refractivity contribution is 5.75. The van der Waals surface area contributed by atoms with Crippen molar-refractivity contribution in [2.24, 2.45) is 0 Å². The van der Waals surface area contributed by atoms with Gasteiger partial charge in [0, 0.05) is 5.92 Å². The number of aliphatic hydroxyl groups excluding tert-OH is 1. The van der Waals surface area contributed by atoms with Crippen LogP contribution >= 0.6 is 0 Å². The fourth-order valence-electron chi connectivity index (χ4n) is 2.99. The Hall–Kier alpha value is -2.86. The van der Waals surface area contributed by atoms with E-state index in [1.54, 1.807) is 20.8 Å². The minimum absolute atomic E-state index is 0.195. The zero-order chi connectivity index (χ0) is 20.7. The third kappa shape index (κ3) is 6.39. The molecule has 0 saturated carbocycles. The molecular weight excluding hydrogens is 358 g/mol. The first-order valence-corrected chi connectivity index (χ1v) is 9.17. The second-order valence-electron chi connectivity index (χ2n) is 7.65. The lowest BCUT2D eigenvalue weighted by Gasteiger charge is -2.28. The molecule has 3 N–H and O–H groups in total. The molecule has 2 rings (SSSR count). The molecule has 0 saturated heterocycles. The van der Waals surface area contributed by atoms with E-state index < -0.39 is 29.8 Å². The van der Waals surface area contributed by atoms with Crippen LogP contribution in [-0.4, -0.2) is 40.0 Å². The van der Waals surface area contributed by atoms with Gasteiger partial charge in [0.15, 0.2) is 6.10 Å². The van der Waals surface area contributed by atoms with Crippen molar-refractivity contribution in [3.8, 4) is 0 Å². The highest BCUT2D eigenvalue weighted by atomic mass is 16.6. The summed E-state index contributed by atoms with van der Waals surface area (Å²) in [6.07, 6.45) is -2.33. The van der Waals surface area contributed by atoms with E-state index >= 15 is 0 Å². The van der Waals surface area contributed by atoms with Gasteiger partial charge in [0.05, 0.1) is 6.04 Å². The molecule has 6 heteroatoms. The van der Waals surface area contributed by atoms with E-state index in [0.717, 1.165) is 11.1 Å². The molecule has 0 fully saturated rings. The van der Waals surface area contributed by atoms with Crippen molar-refractivity contribution in [3.05, 3.63) is 71.8 Å². The molecule has 0 bridgehead atoms. The number of rotatable bonds is 7. The molecule has 0 radical (unpaired) electrons. The van der Waals surface area contributed by atoms with Gasteiger partial charge in [0.2, 0.25) is 0 Å². The number of ether oxygens (including phenoxy) is 1. The number of hydrogen-bond acceptors (Lipinski definition) is 4. The van der Waals surface area contributed by atoms with Gasteiger partial charge in [-0.15, -0.1) is 0 Å². The maximum absolute atomic E-state index is 12.2. The lowest BCUT2D eigenvalue weighted by atomic mass is 9.84. The number of carbonyl (C=O) groups is 2. The van der Waals surface area contributed by atoms with Crippen molar-refractivity contribution in [2.75, 3.05) is 0 Å². The standard InChI is InChI=1S/C22H27NO5/c1-22(2,3)28-21(27)23-18(19(24)20(25)26)14-17(15-10-6-4-7-11-15)16-12-8-5-9-13-16/h4-13,17-19,24H,14H2,1-3H3,(H,23,27)(H,25,26)/t18-,19-/m1/s1. The molecule has 2 aromatic carbocycles. The van der Waals surface area contributed by atoms with Crippen molar-refractivity contribution in [2.45, 2.75) is 50.9 Å². The third-order valence-electron chi connectivity index (χ3n) is 4.23. The molecule has 2 atom stereocenters. The summed E-state index contributed by atoms with van der Waals surface area (Å²) in [5.41, 5.74) is 1.19. The van der Waals surface area contributed by atoms with Crippen LogP contribution in [0.5, 0.6) is 0 Å². The Morgan fingerprint density at radius 2 is 1.43 bits per heavy atom. The maximum atomic E-state index is 12.2. The Bertz CT molecular complexity index is 731. The molecular formula is C22H27NO5. The van der Waals surface area contributed by atoms with Crippen molar-refractivity contribution >= 4 is 12.1 Å². The van der Waals surface area contributed by atoms with E-state index in [1.807, 2.05) is 60.7 Å². The number of amides is 1. The lowest BCUT2D eigenvalue weighted by molar-refractivity contribution is -0.148. The van der Waals surface area contributed by atoms with Crippen LogP contribution in [0.4, 0.5) is 4.79 Å². The SMILES string of the molecule is CC(C)(C)OC(=O)N[C@H](CC(c1ccccc1)c1ccccc1)[C@@H](O)C(=O)O. The molecule has 150 valence electrons. The first kappa shape index (κ1) is 21.4. The average molecular weight is 385 g/mol. The number of aliphatic hydroxyl groups is 1. The van der Waals surface area contributed by atoms with Gasteiger partial charge in [-0.05, 0) is 38.3 Å². The molecule has 0 aliphatic carbocycles. The number of carbonyl (C=O) groups excluding carboxylic acids is 1. The highest BCUT2D eigenvalue weighted by Crippen LogP contribution is 2.30. The summed E-state index contributed by atoms with van der Waals surface area (Å²) in [7, 11) is 0. The van der Waals surface area contributed by atoms with Gasteiger partial charge in [-0.3, -0.25) is 0 Å². The predicted molar refractivity (Wildman–Crippen MR) is 106 cm³/mol. The summed E-state index contributed by atoms with van der Waals surface area (Å²) in [5.74, 6) is -1.61. The Kier molecular flexibility index (Phi) is 7.18. The number of hydrogen-bond donors (Lipinski definition) is 3. The second kappa shape index (κ2) is 9.37. The van der Waals surface area contributed by atoms with Crippen molar-refractivity contribution in [1.82, 2.24) is 5.32 Å². The number of aliphatic carboxylic acids is 1. The van der Waals surface area contributed by atoms with Crippen LogP contribution < -0.4 is 5.32 Å². The van der Waals surface area contributed by atoms with Gasteiger partial charge >= 0.3 is 12.1 Å². The number of carboxylic acid groups (broad SMARTS) is 1. The molecule has 0 aromatic heterocycles. The minimum Gasteiger partial charge on any atom is -0.479 e. The molecule has 0 heterocycles. The number of carboxylic acids is 1. The van der Waals surface area contributed by atoms with Gasteiger partial charge in [-0.2, -0.15) is 0 Å². The molecule has 28 heavy (non-hydrogen) atoms. The van der Waals surface area contributed by atoms with Crippen LogP contribution in [0, 0.1) is 0 Å². The van der Waals surface area contributed by atoms with Gasteiger partial charge in [0.25, 0.3) is 0 Å². The third-order valence-corrected chi connectivity index (χ3v) is 4.23. The second-order valence-corrected chi connectivity index (χ2v) is 7.65. The monoisotopic (exact) mass is 385 g/mol. The van der Waals surface area contributed by atoms with E-state index in [4.69, 9.17) is 4.74 Å². The van der Waals surface area contributed by atoms with E-state index in [9.17, 15) is 19.8 Å². The van der Waals surface area contributed by atoms with E-state index in [-0.39, 0.29) is 12.3 Å². The Morgan fingerprint density at radius 1 is 0.964 bits per heavy atom. The topological polar surface area (TPSA) is 95.9 Å². The van der Waals surface area contributed by atoms with Crippen LogP contribution in [0.1, 0.15) is 44.2 Å². The fraction of sp³-hybridized carbons (Fsp3) is 0.364. The Morgan fingerprint density at radius 3 is 1.82 bits per heavy atom. The summed E-state index contributed by atoms with van der Waals surface area (Å²) >= 11 is 0. The summed E-state index contributed by atoms with van der Waals surface area (Å²) in [6, 6.07) is 18.1. The Balaban J connectivity index is 2.32. The quantitative estimate of drug-likeness (QED) is 0.677. The smallest absolute Gasteiger partial charge is 0.407 e. The number of alkyl carbamates (subject to hydrolysis) is 1. The van der Waals surface area contributed by atoms with Crippen LogP contribution in [0.2, 0.25) is 0 Å². The van der Waals surface area contributed by atoms with E-state index in [1.165, 1.54) is 0 Å². The van der Waals surface area contributed by atoms with Crippen molar-refractivity contribution in [1.29, 1.82) is 0 Å². The number of nitrogens with one attached hydrogen (secondary N) is 1. The average Bonchev–Trinajstić information content (AvgIpc) is 2.64.